The van der Waals surface area contributed by atoms with E-state index in [1.54, 1.807) is 11.9 Å². The van der Waals surface area contributed by atoms with Crippen molar-refractivity contribution < 1.29 is 73.5 Å². The van der Waals surface area contributed by atoms with Gasteiger partial charge in [-0.15, -0.1) is 0 Å². The second kappa shape index (κ2) is 15.9. The molecule has 0 aliphatic carbocycles. The third kappa shape index (κ3) is 6.91. The van der Waals surface area contributed by atoms with Gasteiger partial charge in [0.05, 0.1) is 25.3 Å². The molecule has 4 heterocycles. The Kier molecular flexibility index (Phi) is 11.4. The minimum absolute atomic E-state index is 0.000975. The summed E-state index contributed by atoms with van der Waals surface area (Å²) in [6.07, 6.45) is -6.53. The van der Waals surface area contributed by atoms with Gasteiger partial charge in [0.1, 0.15) is 18.4 Å². The van der Waals surface area contributed by atoms with E-state index in [9.17, 15) is 45.6 Å². The number of aryl methyl sites for hydroxylation is 2. The number of likely N-dealkylation sites (N-methyl/N-ethyl adjacent to an activating group) is 1. The van der Waals surface area contributed by atoms with Crippen LogP contribution < -0.4 is 23.7 Å². The Bertz CT molecular complexity index is 2220. The average molecular weight is 852 g/mol. The Morgan fingerprint density at radius 3 is 2.28 bits per heavy atom. The molecule has 0 N–H and O–H groups in total. The average Bonchev–Trinajstić information content (AvgIpc) is 3.70. The number of fused-ring (bicyclic) bond motifs is 9. The highest BCUT2D eigenvalue weighted by atomic mass is 19.4. The van der Waals surface area contributed by atoms with Gasteiger partial charge in [-0.2, -0.15) is 36.0 Å². The van der Waals surface area contributed by atoms with Crippen LogP contribution in [0, 0.1) is 25.2 Å². The first-order chi connectivity index (χ1) is 28.4. The Morgan fingerprint density at radius 1 is 0.933 bits per heavy atom. The smallest absolute Gasteiger partial charge is 0.460 e. The van der Waals surface area contributed by atoms with Crippen molar-refractivity contribution in [1.29, 1.82) is 5.26 Å². The van der Waals surface area contributed by atoms with Gasteiger partial charge in [0.15, 0.2) is 29.8 Å². The van der Waals surface area contributed by atoms with Crippen LogP contribution in [-0.2, 0) is 38.3 Å². The number of rotatable bonds is 12. The van der Waals surface area contributed by atoms with Gasteiger partial charge >= 0.3 is 30.0 Å². The molecule has 2 bridgehead atoms. The summed E-state index contributed by atoms with van der Waals surface area (Å²) >= 11 is 0. The van der Waals surface area contributed by atoms with Gasteiger partial charge in [0.25, 0.3) is 0 Å². The standard InChI is InChI=1S/C41H40F7N3O9/c1-20-13-23-14-25-27(16-49)51-26(32(50(25)3)30(23)36(33(20)55-5)57-18-54-4)15-24-31(28(51)17-56-29(52)12-11-22-9-7-6-8-10-22)37-35(58-19-59-37)21(2)34(24)60-38(53)39(42,43)40(44,45)41(46,47)48/h6-10,13,25-28,32H,11-12,14-15,17-19H2,1-5H3/t25-,26?,27+,28+,32+/m1/s1. The van der Waals surface area contributed by atoms with Gasteiger partial charge < -0.3 is 33.2 Å². The third-order valence-corrected chi connectivity index (χ3v) is 11.6. The molecule has 1 saturated heterocycles. The highest BCUT2D eigenvalue weighted by molar-refractivity contribution is 5.83. The molecule has 3 aromatic rings. The number of nitriles is 1. The lowest BCUT2D eigenvalue weighted by atomic mass is 9.71. The maximum atomic E-state index is 15.0. The van der Waals surface area contributed by atoms with Crippen molar-refractivity contribution in [1.82, 2.24) is 9.80 Å². The van der Waals surface area contributed by atoms with Crippen LogP contribution in [-0.4, -0.2) is 99.3 Å². The first kappa shape index (κ1) is 42.8. The minimum Gasteiger partial charge on any atom is -0.493 e. The Hall–Kier alpha value is -5.32. The molecule has 19 heteroatoms. The number of carbonyl (C=O) groups is 2. The van der Waals surface area contributed by atoms with E-state index in [2.05, 4.69) is 6.07 Å². The maximum Gasteiger partial charge on any atom is 0.460 e. The molecule has 7 rings (SSSR count). The number of benzene rings is 3. The van der Waals surface area contributed by atoms with E-state index in [1.165, 1.54) is 21.1 Å². The van der Waals surface area contributed by atoms with Crippen LogP contribution in [0.2, 0.25) is 0 Å². The largest absolute Gasteiger partial charge is 0.493 e. The van der Waals surface area contributed by atoms with Crippen LogP contribution in [0.1, 0.15) is 57.4 Å². The van der Waals surface area contributed by atoms with Crippen LogP contribution in [0.5, 0.6) is 28.7 Å². The summed E-state index contributed by atoms with van der Waals surface area (Å²) in [6.45, 7) is 1.92. The van der Waals surface area contributed by atoms with Crippen LogP contribution in [0.15, 0.2) is 36.4 Å². The lowest BCUT2D eigenvalue weighted by Gasteiger charge is -2.59. The van der Waals surface area contributed by atoms with E-state index in [0.717, 1.165) is 11.1 Å². The molecule has 5 atom stereocenters. The van der Waals surface area contributed by atoms with Crippen LogP contribution >= 0.6 is 0 Å². The number of hydrogen-bond acceptors (Lipinski definition) is 12. The summed E-state index contributed by atoms with van der Waals surface area (Å²) in [5.74, 6) is -17.3. The Labute approximate surface area is 339 Å². The van der Waals surface area contributed by atoms with Crippen LogP contribution in [0.25, 0.3) is 0 Å². The summed E-state index contributed by atoms with van der Waals surface area (Å²) < 4.78 is 138. The summed E-state index contributed by atoms with van der Waals surface area (Å²) in [4.78, 5) is 30.1. The number of esters is 2. The van der Waals surface area contributed by atoms with Gasteiger partial charge in [-0.1, -0.05) is 36.4 Å². The van der Waals surface area contributed by atoms with Gasteiger partial charge in [-0.05, 0) is 56.8 Å². The first-order valence-electron chi connectivity index (χ1n) is 18.8. The van der Waals surface area contributed by atoms with E-state index in [0.29, 0.717) is 35.5 Å². The molecule has 4 aliphatic heterocycles. The number of methoxy groups -OCH3 is 2. The zero-order valence-corrected chi connectivity index (χ0v) is 33.0. The van der Waals surface area contributed by atoms with E-state index in [-0.39, 0.29) is 47.8 Å². The quantitative estimate of drug-likeness (QED) is 0.0832. The number of piperazine rings is 1. The van der Waals surface area contributed by atoms with Crippen LogP contribution in [0.3, 0.4) is 0 Å². The Morgan fingerprint density at radius 2 is 1.63 bits per heavy atom. The molecular weight excluding hydrogens is 811 g/mol. The lowest BCUT2D eigenvalue weighted by Crippen LogP contribution is -2.68. The van der Waals surface area contributed by atoms with Crippen LogP contribution in [0.4, 0.5) is 30.7 Å². The van der Waals surface area contributed by atoms with Gasteiger partial charge in [0.2, 0.25) is 6.79 Å². The van der Waals surface area contributed by atoms with Gasteiger partial charge in [0, 0.05) is 47.9 Å². The molecule has 12 nitrogen and oxygen atoms in total. The van der Waals surface area contributed by atoms with Crippen molar-refractivity contribution in [2.75, 3.05) is 41.5 Å². The van der Waals surface area contributed by atoms with E-state index in [1.807, 2.05) is 48.2 Å². The molecule has 1 unspecified atom stereocenters. The molecule has 4 aliphatic rings. The van der Waals surface area contributed by atoms with Gasteiger partial charge in [-0.3, -0.25) is 14.6 Å². The molecule has 0 spiro atoms. The predicted octanol–water partition coefficient (Wildman–Crippen LogP) is 6.71. The monoisotopic (exact) mass is 851 g/mol. The topological polar surface area (TPSA) is 129 Å². The fraction of sp³-hybridized carbons (Fsp3) is 0.488. The molecule has 0 radical (unpaired) electrons. The van der Waals surface area contributed by atoms with Gasteiger partial charge in [-0.25, -0.2) is 4.79 Å². The van der Waals surface area contributed by atoms with Crippen molar-refractivity contribution in [3.8, 4) is 34.8 Å². The van der Waals surface area contributed by atoms with E-state index >= 15 is 0 Å². The highest BCUT2D eigenvalue weighted by Crippen LogP contribution is 2.59. The SMILES string of the molecule is COCOc1c(OC)c(C)cc2c1[C@@H]1C3Cc4c(OC(=O)C(F)(F)C(F)(F)C(F)(F)F)c(C)c5c(c4[C@H](COC(=O)CCc4ccccc4)N3[C@@H](C#N)[C@@H](C2)N1C)OCO5. The number of nitrogens with zero attached hydrogens (tertiary/aromatic N) is 3. The summed E-state index contributed by atoms with van der Waals surface area (Å²) in [5, 5.41) is 11.0. The number of hydrogen-bond donors (Lipinski definition) is 0. The zero-order valence-electron chi connectivity index (χ0n) is 33.0. The minimum atomic E-state index is -6.82. The van der Waals surface area contributed by atoms with Crippen molar-refractivity contribution in [3.63, 3.8) is 0 Å². The molecule has 0 amide bonds. The van der Waals surface area contributed by atoms with Crippen molar-refractivity contribution >= 4 is 11.9 Å². The Balaban J connectivity index is 1.41. The second-order valence-electron chi connectivity index (χ2n) is 15.0. The van der Waals surface area contributed by atoms with Crippen molar-refractivity contribution in [2.45, 2.75) is 87.8 Å². The van der Waals surface area contributed by atoms with Crippen molar-refractivity contribution in [3.05, 3.63) is 75.3 Å². The molecular formula is C41H40F7N3O9. The molecule has 60 heavy (non-hydrogen) atoms. The molecule has 0 aromatic heterocycles. The number of halogens is 7. The summed E-state index contributed by atoms with van der Waals surface area (Å²) in [6, 6.07) is 9.10. The van der Waals surface area contributed by atoms with Crippen molar-refractivity contribution in [2.24, 2.45) is 0 Å². The third-order valence-electron chi connectivity index (χ3n) is 11.6. The molecule has 1 fully saturated rings. The summed E-state index contributed by atoms with van der Waals surface area (Å²) in [7, 11) is 4.64. The number of carbonyl (C=O) groups excluding carboxylic acids is 2. The lowest BCUT2D eigenvalue weighted by molar-refractivity contribution is -0.346. The number of alkyl halides is 7. The molecule has 3 aromatic carbocycles. The normalized spacial score (nSPS) is 22.2. The van der Waals surface area contributed by atoms with E-state index in [4.69, 9.17) is 33.2 Å². The molecule has 0 saturated carbocycles. The predicted molar refractivity (Wildman–Crippen MR) is 194 cm³/mol. The second-order valence-corrected chi connectivity index (χ2v) is 15.0. The summed E-state index contributed by atoms with van der Waals surface area (Å²) in [5.41, 5.74) is 2.68. The fourth-order valence-electron chi connectivity index (χ4n) is 8.96. The van der Waals surface area contributed by atoms with E-state index < -0.39 is 79.3 Å². The highest BCUT2D eigenvalue weighted by Gasteiger charge is 2.77. The maximum absolute atomic E-state index is 15.0. The first-order valence-corrected chi connectivity index (χ1v) is 18.8. The fourth-order valence-corrected chi connectivity index (χ4v) is 8.96. The molecule has 322 valence electrons. The number of ether oxygens (including phenoxy) is 7. The zero-order chi connectivity index (χ0) is 43.5.